The minimum Gasteiger partial charge on any atom is -0.279 e. The van der Waals surface area contributed by atoms with E-state index < -0.39 is 0 Å². The van der Waals surface area contributed by atoms with Crippen molar-refractivity contribution in [2.75, 3.05) is 6.54 Å². The monoisotopic (exact) mass is 326 g/mol. The molecule has 5 rings (SSSR count). The second-order valence-corrected chi connectivity index (χ2v) is 5.95. The van der Waals surface area contributed by atoms with Crippen LogP contribution in [0.25, 0.3) is 22.1 Å². The summed E-state index contributed by atoms with van der Waals surface area (Å²) in [6, 6.07) is 14.1. The van der Waals surface area contributed by atoms with Gasteiger partial charge in [0.2, 0.25) is 0 Å². The summed E-state index contributed by atoms with van der Waals surface area (Å²) >= 11 is 0. The Kier molecular flexibility index (Phi) is 3.13. The van der Waals surface area contributed by atoms with Gasteiger partial charge in [-0.2, -0.15) is 0 Å². The van der Waals surface area contributed by atoms with Gasteiger partial charge >= 0.3 is 0 Å². The first-order valence-electron chi connectivity index (χ1n) is 8.12. The minimum atomic E-state index is 0.611. The summed E-state index contributed by atoms with van der Waals surface area (Å²) in [7, 11) is 0. The lowest BCUT2D eigenvalue weighted by Crippen LogP contribution is -2.05. The summed E-state index contributed by atoms with van der Waals surface area (Å²) in [6.45, 7) is 1.33. The average Bonchev–Trinajstić information content (AvgIpc) is 3.32. The number of rotatable bonds is 3. The smallest absolute Gasteiger partial charge is 0.179 e. The number of pyridine rings is 2. The number of benzene rings is 1. The Hall–Kier alpha value is -3.41. The molecule has 0 N–H and O–H groups in total. The van der Waals surface area contributed by atoms with E-state index in [-0.39, 0.29) is 0 Å². The number of nitrogens with zero attached hydrogens (tertiary/aromatic N) is 6. The van der Waals surface area contributed by atoms with Crippen molar-refractivity contribution < 1.29 is 0 Å². The number of fused-ring (bicyclic) bond motifs is 2. The topological polar surface area (TPSA) is 68.8 Å². The van der Waals surface area contributed by atoms with Crippen molar-refractivity contribution in [1.29, 1.82) is 0 Å². The van der Waals surface area contributed by atoms with E-state index in [0.717, 1.165) is 45.6 Å². The van der Waals surface area contributed by atoms with Gasteiger partial charge in [-0.25, -0.2) is 9.67 Å². The van der Waals surface area contributed by atoms with E-state index in [2.05, 4.69) is 38.5 Å². The molecule has 120 valence electrons. The van der Waals surface area contributed by atoms with Crippen LogP contribution in [-0.4, -0.2) is 37.2 Å². The van der Waals surface area contributed by atoms with Crippen LogP contribution in [0.4, 0.5) is 0 Å². The van der Waals surface area contributed by atoms with Crippen LogP contribution in [0.3, 0.4) is 0 Å². The molecule has 0 saturated carbocycles. The van der Waals surface area contributed by atoms with Crippen LogP contribution in [-0.2, 0) is 6.54 Å². The first-order chi connectivity index (χ1) is 12.4. The Balaban J connectivity index is 1.55. The number of hydrogen-bond donors (Lipinski definition) is 0. The number of allylic oxidation sites excluding steroid dienone is 1. The van der Waals surface area contributed by atoms with Crippen molar-refractivity contribution in [2.24, 2.45) is 4.99 Å². The molecule has 1 aliphatic rings. The second-order valence-electron chi connectivity index (χ2n) is 5.95. The van der Waals surface area contributed by atoms with Crippen LogP contribution in [0.5, 0.6) is 0 Å². The molecular formula is C19H14N6. The van der Waals surface area contributed by atoms with Gasteiger partial charge in [-0.15, -0.1) is 5.10 Å². The Morgan fingerprint density at radius 3 is 2.92 bits per heavy atom. The SMILES string of the molecule is C1=CC(c2ccc3nnn(Cc4ccc5ncccc5c4)c3n2)=NC1. The van der Waals surface area contributed by atoms with Gasteiger partial charge in [0.1, 0.15) is 5.52 Å². The van der Waals surface area contributed by atoms with E-state index in [1.807, 2.05) is 41.1 Å². The van der Waals surface area contributed by atoms with Crippen LogP contribution in [0.15, 0.2) is 65.8 Å². The van der Waals surface area contributed by atoms with Gasteiger partial charge in [-0.05, 0) is 42.0 Å². The van der Waals surface area contributed by atoms with E-state index in [0.29, 0.717) is 6.54 Å². The molecule has 6 nitrogen and oxygen atoms in total. The van der Waals surface area contributed by atoms with Crippen LogP contribution in [0.2, 0.25) is 0 Å². The van der Waals surface area contributed by atoms with Crippen LogP contribution in [0.1, 0.15) is 11.3 Å². The average molecular weight is 326 g/mol. The standard InChI is InChI=1S/C19H14N6/c1-3-14-11-13(5-6-15(14)20-9-1)12-25-19-18(23-24-25)8-7-17(22-19)16-4-2-10-21-16/h1-9,11H,10,12H2. The Morgan fingerprint density at radius 2 is 2.00 bits per heavy atom. The van der Waals surface area contributed by atoms with Crippen molar-refractivity contribution >= 4 is 27.8 Å². The molecule has 0 amide bonds. The third kappa shape index (κ3) is 2.48. The highest BCUT2D eigenvalue weighted by Crippen LogP contribution is 2.17. The molecule has 0 saturated heterocycles. The highest BCUT2D eigenvalue weighted by molar-refractivity contribution is 6.09. The molecule has 1 aromatic carbocycles. The summed E-state index contributed by atoms with van der Waals surface area (Å²) in [4.78, 5) is 13.5. The Bertz CT molecular complexity index is 1150. The Morgan fingerprint density at radius 1 is 1.04 bits per heavy atom. The van der Waals surface area contributed by atoms with Gasteiger partial charge in [0, 0.05) is 11.6 Å². The number of aromatic nitrogens is 5. The predicted octanol–water partition coefficient (Wildman–Crippen LogP) is 2.78. The van der Waals surface area contributed by atoms with Gasteiger partial charge in [-0.1, -0.05) is 23.4 Å². The van der Waals surface area contributed by atoms with Crippen molar-refractivity contribution in [3.8, 4) is 0 Å². The maximum absolute atomic E-state index is 4.72. The zero-order valence-corrected chi connectivity index (χ0v) is 13.4. The molecule has 4 heterocycles. The number of hydrogen-bond acceptors (Lipinski definition) is 5. The molecule has 3 aromatic heterocycles. The predicted molar refractivity (Wildman–Crippen MR) is 96.7 cm³/mol. The zero-order chi connectivity index (χ0) is 16.6. The van der Waals surface area contributed by atoms with Gasteiger partial charge in [0.05, 0.1) is 30.0 Å². The summed E-state index contributed by atoms with van der Waals surface area (Å²) < 4.78 is 1.83. The maximum Gasteiger partial charge on any atom is 0.179 e. The highest BCUT2D eigenvalue weighted by atomic mass is 15.4. The van der Waals surface area contributed by atoms with E-state index in [9.17, 15) is 0 Å². The largest absolute Gasteiger partial charge is 0.279 e. The fourth-order valence-electron chi connectivity index (χ4n) is 3.03. The van der Waals surface area contributed by atoms with Gasteiger partial charge < -0.3 is 0 Å². The van der Waals surface area contributed by atoms with Crippen molar-refractivity contribution in [3.05, 3.63) is 72.1 Å². The highest BCUT2D eigenvalue weighted by Gasteiger charge is 2.11. The fraction of sp³-hybridized carbons (Fsp3) is 0.105. The molecule has 4 aromatic rings. The molecule has 0 fully saturated rings. The minimum absolute atomic E-state index is 0.611. The Labute approximate surface area is 143 Å². The van der Waals surface area contributed by atoms with Crippen molar-refractivity contribution in [1.82, 2.24) is 25.0 Å². The summed E-state index contributed by atoms with van der Waals surface area (Å²) in [5.74, 6) is 0. The molecular weight excluding hydrogens is 312 g/mol. The maximum atomic E-state index is 4.72. The summed E-state index contributed by atoms with van der Waals surface area (Å²) in [6.07, 6.45) is 5.83. The van der Waals surface area contributed by atoms with Crippen LogP contribution in [0, 0.1) is 0 Å². The van der Waals surface area contributed by atoms with E-state index in [4.69, 9.17) is 4.98 Å². The zero-order valence-electron chi connectivity index (χ0n) is 13.4. The molecule has 6 heteroatoms. The third-order valence-corrected chi connectivity index (χ3v) is 4.26. The van der Waals surface area contributed by atoms with Crippen molar-refractivity contribution in [2.45, 2.75) is 6.54 Å². The van der Waals surface area contributed by atoms with E-state index >= 15 is 0 Å². The molecule has 0 unspecified atom stereocenters. The summed E-state index contributed by atoms with van der Waals surface area (Å²) in [5.41, 5.74) is 5.44. The summed E-state index contributed by atoms with van der Waals surface area (Å²) in [5, 5.41) is 9.61. The molecule has 0 atom stereocenters. The lowest BCUT2D eigenvalue weighted by Gasteiger charge is -2.05. The van der Waals surface area contributed by atoms with Gasteiger partial charge in [0.25, 0.3) is 0 Å². The van der Waals surface area contributed by atoms with Gasteiger partial charge in [0.15, 0.2) is 5.65 Å². The fourth-order valence-corrected chi connectivity index (χ4v) is 3.03. The third-order valence-electron chi connectivity index (χ3n) is 4.26. The first-order valence-corrected chi connectivity index (χ1v) is 8.12. The van der Waals surface area contributed by atoms with Crippen molar-refractivity contribution in [3.63, 3.8) is 0 Å². The van der Waals surface area contributed by atoms with Gasteiger partial charge in [-0.3, -0.25) is 9.98 Å². The quantitative estimate of drug-likeness (QED) is 0.580. The lowest BCUT2D eigenvalue weighted by molar-refractivity contribution is 0.664. The molecule has 0 spiro atoms. The molecule has 25 heavy (non-hydrogen) atoms. The number of aliphatic imine (C=N–C) groups is 1. The first kappa shape index (κ1) is 14.0. The molecule has 1 aliphatic heterocycles. The van der Waals surface area contributed by atoms with E-state index in [1.165, 1.54) is 0 Å². The molecule has 0 aliphatic carbocycles. The second kappa shape index (κ2) is 5.59. The normalized spacial score (nSPS) is 13.7. The van der Waals surface area contributed by atoms with E-state index in [1.54, 1.807) is 6.20 Å². The molecule has 0 bridgehead atoms. The molecule has 0 radical (unpaired) electrons. The lowest BCUT2D eigenvalue weighted by atomic mass is 10.1. The van der Waals surface area contributed by atoms with Crippen LogP contribution < -0.4 is 0 Å². The van der Waals surface area contributed by atoms with Crippen LogP contribution >= 0.6 is 0 Å².